The van der Waals surface area contributed by atoms with Gasteiger partial charge in [-0.15, -0.1) is 0 Å². The van der Waals surface area contributed by atoms with Gasteiger partial charge in [0.15, 0.2) is 0 Å². The molecule has 0 aromatic rings. The standard InChI is InChI=1S/C11H24Xe/c1-9(2)11-5-7-12(8-6-11)10(3)4/h9-12H,5-8H2,1-4H3. The molecule has 0 aromatic heterocycles. The maximum absolute atomic E-state index is 2.44. The Bertz CT molecular complexity index is 105. The molecule has 1 rings (SSSR count). The van der Waals surface area contributed by atoms with Crippen molar-refractivity contribution in [2.24, 2.45) is 11.8 Å². The molecule has 0 radical (unpaired) electrons. The molecule has 1 fully saturated rings. The van der Waals surface area contributed by atoms with Gasteiger partial charge in [-0.2, -0.15) is 0 Å². The summed E-state index contributed by atoms with van der Waals surface area (Å²) in [5, 5.41) is 0. The zero-order chi connectivity index (χ0) is 9.14. The van der Waals surface area contributed by atoms with Crippen molar-refractivity contribution in [3.63, 3.8) is 0 Å². The summed E-state index contributed by atoms with van der Waals surface area (Å²) in [7, 11) is 0. The molecule has 1 aliphatic rings. The fourth-order valence-corrected chi connectivity index (χ4v) is 8.13. The normalized spacial score (nSPS) is 34.5. The minimum absolute atomic E-state index is 0.446. The van der Waals surface area contributed by atoms with Gasteiger partial charge in [0.05, 0.1) is 0 Å². The first-order chi connectivity index (χ1) is 5.61. The Morgan fingerprint density at radius 1 is 1.00 bits per heavy atom. The SMILES string of the molecule is CC(C)C1CC[XeH](C(C)C)CC1. The van der Waals surface area contributed by atoms with E-state index in [1.54, 1.807) is 14.6 Å². The van der Waals surface area contributed by atoms with Gasteiger partial charge in [-0.05, 0) is 0 Å². The van der Waals surface area contributed by atoms with E-state index < -0.39 is 41.8 Å². The van der Waals surface area contributed by atoms with E-state index >= 15 is 0 Å². The first-order valence-electron chi connectivity index (χ1n) is 5.21. The Labute approximate surface area is 94.8 Å². The molecule has 0 unspecified atom stereocenters. The van der Waals surface area contributed by atoms with Crippen LogP contribution in [0.3, 0.4) is 0 Å². The topological polar surface area (TPSA) is 0 Å². The molecule has 12 heavy (non-hydrogen) atoms. The van der Waals surface area contributed by atoms with E-state index in [0.717, 1.165) is 12.2 Å². The molecule has 0 N–H and O–H groups in total. The van der Waals surface area contributed by atoms with Gasteiger partial charge in [0.1, 0.15) is 0 Å². The van der Waals surface area contributed by atoms with Gasteiger partial charge >= 0.3 is 96.4 Å². The molecule has 1 aliphatic heterocycles. The summed E-state index contributed by atoms with van der Waals surface area (Å²) in [5.41, 5.74) is 0. The third-order valence-electron chi connectivity index (χ3n) is 3.01. The van der Waals surface area contributed by atoms with Crippen molar-refractivity contribution in [2.45, 2.75) is 42.7 Å². The molecule has 1 heteroatoms. The van der Waals surface area contributed by atoms with Crippen LogP contribution in [0.1, 0.15) is 40.5 Å². The van der Waals surface area contributed by atoms with Gasteiger partial charge in [-0.1, -0.05) is 0 Å². The average Bonchev–Trinajstić information content (AvgIpc) is 2.04. The van der Waals surface area contributed by atoms with Gasteiger partial charge in [0, 0.05) is 0 Å². The Balaban J connectivity index is 2.30. The summed E-state index contributed by atoms with van der Waals surface area (Å²) in [5.74, 6) is 2.01. The molecule has 0 atom stereocenters. The second-order valence-electron chi connectivity index (χ2n) is 4.47. The molecule has 1 heterocycles. The first-order valence-corrected chi connectivity index (χ1v) is 9.51. The summed E-state index contributed by atoms with van der Waals surface area (Å²) in [4.78, 5) is 0. The van der Waals surface area contributed by atoms with Crippen LogP contribution in [0.2, 0.25) is 2.16 Å². The monoisotopic (exact) mass is 288 g/mol. The number of hydrogen-bond acceptors (Lipinski definition) is 0. The number of hydrogen-bond donors (Lipinski definition) is 0. The third kappa shape index (κ3) is 3.38. The molecule has 0 saturated carbocycles. The van der Waals surface area contributed by atoms with Gasteiger partial charge < -0.3 is 0 Å². The van der Waals surface area contributed by atoms with Crippen LogP contribution in [0.15, 0.2) is 0 Å². The Kier molecular flexibility index (Phi) is 5.29. The molecule has 0 spiro atoms. The van der Waals surface area contributed by atoms with Gasteiger partial charge in [0.25, 0.3) is 0 Å². The van der Waals surface area contributed by atoms with Crippen molar-refractivity contribution in [1.29, 1.82) is 0 Å². The van der Waals surface area contributed by atoms with Crippen LogP contribution in [0.25, 0.3) is 0 Å². The molecule has 76 valence electrons. The van der Waals surface area contributed by atoms with E-state index in [0.29, 0.717) is 0 Å². The molecule has 0 aromatic carbocycles. The van der Waals surface area contributed by atoms with Crippen LogP contribution in [-0.4, -0.2) is 0 Å². The predicted molar refractivity (Wildman–Crippen MR) is 53.7 cm³/mol. The third-order valence-corrected chi connectivity index (χ3v) is 10.5. The predicted octanol–water partition coefficient (Wildman–Crippen LogP) is 4.07. The molecule has 0 aliphatic carbocycles. The Morgan fingerprint density at radius 3 is 1.83 bits per heavy atom. The van der Waals surface area contributed by atoms with Crippen LogP contribution in [-0.2, 0) is 0 Å². The van der Waals surface area contributed by atoms with E-state index in [1.165, 1.54) is 0 Å². The summed E-state index contributed by atoms with van der Waals surface area (Å²) in [6.07, 6.45) is 3.11. The van der Waals surface area contributed by atoms with Gasteiger partial charge in [-0.25, -0.2) is 0 Å². The maximum atomic E-state index is 2.44. The van der Waals surface area contributed by atoms with E-state index in [9.17, 15) is 0 Å². The zero-order valence-corrected chi connectivity index (χ0v) is 11.1. The Hall–Kier alpha value is 1.57. The van der Waals surface area contributed by atoms with E-state index in [2.05, 4.69) is 27.7 Å². The quantitative estimate of drug-likeness (QED) is 0.718. The van der Waals surface area contributed by atoms with Crippen molar-refractivity contribution in [1.82, 2.24) is 0 Å². The van der Waals surface area contributed by atoms with E-state index in [-0.39, 0.29) is 0 Å². The Morgan fingerprint density at radius 2 is 1.50 bits per heavy atom. The van der Waals surface area contributed by atoms with Crippen molar-refractivity contribution in [3.05, 3.63) is 0 Å². The van der Waals surface area contributed by atoms with Crippen molar-refractivity contribution in [3.8, 4) is 0 Å². The molecular weight excluding hydrogens is 263 g/mol. The van der Waals surface area contributed by atoms with Crippen molar-refractivity contribution >= 4 is 0 Å². The van der Waals surface area contributed by atoms with Crippen LogP contribution >= 0.6 is 0 Å². The van der Waals surface area contributed by atoms with Crippen molar-refractivity contribution < 1.29 is 41.8 Å². The molecule has 1 saturated heterocycles. The first kappa shape index (κ1) is 11.6. The van der Waals surface area contributed by atoms with Crippen LogP contribution in [0, 0.1) is 53.7 Å². The van der Waals surface area contributed by atoms with E-state index in [1.807, 2.05) is 0 Å². The zero-order valence-electron chi connectivity index (χ0n) is 8.94. The van der Waals surface area contributed by atoms with Crippen LogP contribution in [0.5, 0.6) is 0 Å². The second-order valence-corrected chi connectivity index (χ2v) is 12.0. The molecule has 0 bridgehead atoms. The average molecular weight is 288 g/mol. The summed E-state index contributed by atoms with van der Waals surface area (Å²) < 4.78 is 4.36. The second kappa shape index (κ2) is 5.45. The minimum atomic E-state index is -0.446. The van der Waals surface area contributed by atoms with Crippen LogP contribution < -0.4 is 0 Å². The fourth-order valence-electron chi connectivity index (χ4n) is 1.90. The molecule has 0 nitrogen and oxygen atoms in total. The number of rotatable bonds is 2. The van der Waals surface area contributed by atoms with Crippen LogP contribution in [0.4, 0.5) is 0 Å². The van der Waals surface area contributed by atoms with E-state index in [4.69, 9.17) is 0 Å². The summed E-state index contributed by atoms with van der Waals surface area (Å²) >= 11 is -0.446. The van der Waals surface area contributed by atoms with Gasteiger partial charge in [0.2, 0.25) is 0 Å². The molecular formula is C11H24Xe. The summed E-state index contributed by atoms with van der Waals surface area (Å²) in [6, 6.07) is 0. The van der Waals surface area contributed by atoms with Gasteiger partial charge in [-0.3, -0.25) is 0 Å². The fraction of sp³-hybridized carbons (Fsp3) is 1.00. The van der Waals surface area contributed by atoms with Crippen molar-refractivity contribution in [2.75, 3.05) is 0 Å². The summed E-state index contributed by atoms with van der Waals surface area (Å²) in [6.45, 7) is 9.68. The molecule has 0 amide bonds.